The second-order valence-corrected chi connectivity index (χ2v) is 4.44. The molecule has 0 aliphatic rings. The molecule has 0 heterocycles. The maximum Gasteiger partial charge on any atom is 0.241 e. The third-order valence-electron chi connectivity index (χ3n) is 2.30. The second-order valence-electron chi connectivity index (χ2n) is 3.59. The van der Waals surface area contributed by atoms with Gasteiger partial charge in [0, 0.05) is 5.69 Å². The SMILES string of the molecule is CCC(N)C(=O)Nc1cc(F)c(Br)cc1C. The molecule has 0 aliphatic heterocycles. The molecule has 1 aromatic rings. The minimum absolute atomic E-state index is 0.299. The van der Waals surface area contributed by atoms with Gasteiger partial charge in [-0.05, 0) is 47.0 Å². The molecule has 0 radical (unpaired) electrons. The van der Waals surface area contributed by atoms with Gasteiger partial charge in [-0.2, -0.15) is 0 Å². The van der Waals surface area contributed by atoms with Crippen LogP contribution in [-0.4, -0.2) is 11.9 Å². The van der Waals surface area contributed by atoms with E-state index < -0.39 is 11.9 Å². The molecule has 0 spiro atoms. The van der Waals surface area contributed by atoms with E-state index in [0.29, 0.717) is 16.6 Å². The molecule has 0 saturated carbocycles. The van der Waals surface area contributed by atoms with Crippen molar-refractivity contribution in [2.24, 2.45) is 5.73 Å². The topological polar surface area (TPSA) is 55.1 Å². The Labute approximate surface area is 102 Å². The predicted molar refractivity (Wildman–Crippen MR) is 65.7 cm³/mol. The summed E-state index contributed by atoms with van der Waals surface area (Å²) >= 11 is 3.08. The van der Waals surface area contributed by atoms with Crippen LogP contribution in [0, 0.1) is 12.7 Å². The Balaban J connectivity index is 2.90. The monoisotopic (exact) mass is 288 g/mol. The second kappa shape index (κ2) is 5.41. The predicted octanol–water partition coefficient (Wildman–Crippen LogP) is 2.57. The molecule has 0 aromatic heterocycles. The first-order valence-corrected chi connectivity index (χ1v) is 5.77. The van der Waals surface area contributed by atoms with Gasteiger partial charge in [0.25, 0.3) is 0 Å². The van der Waals surface area contributed by atoms with Gasteiger partial charge in [0.15, 0.2) is 0 Å². The van der Waals surface area contributed by atoms with Crippen LogP contribution >= 0.6 is 15.9 Å². The highest BCUT2D eigenvalue weighted by atomic mass is 79.9. The number of carbonyl (C=O) groups excluding carboxylic acids is 1. The number of benzene rings is 1. The van der Waals surface area contributed by atoms with Gasteiger partial charge in [-0.15, -0.1) is 0 Å². The summed E-state index contributed by atoms with van der Waals surface area (Å²) in [6, 6.07) is 2.33. The lowest BCUT2D eigenvalue weighted by Gasteiger charge is -2.12. The van der Waals surface area contributed by atoms with E-state index in [1.54, 1.807) is 13.0 Å². The van der Waals surface area contributed by atoms with E-state index in [2.05, 4.69) is 21.2 Å². The summed E-state index contributed by atoms with van der Waals surface area (Å²) in [5.41, 5.74) is 6.80. The molecule has 88 valence electrons. The molecule has 16 heavy (non-hydrogen) atoms. The summed E-state index contributed by atoms with van der Waals surface area (Å²) in [6.07, 6.45) is 0.546. The summed E-state index contributed by atoms with van der Waals surface area (Å²) in [5, 5.41) is 2.60. The summed E-state index contributed by atoms with van der Waals surface area (Å²) in [7, 11) is 0. The van der Waals surface area contributed by atoms with E-state index >= 15 is 0 Å². The molecule has 0 fully saturated rings. The fourth-order valence-corrected chi connectivity index (χ4v) is 1.65. The zero-order valence-corrected chi connectivity index (χ0v) is 10.8. The van der Waals surface area contributed by atoms with Gasteiger partial charge in [-0.25, -0.2) is 4.39 Å². The Morgan fingerprint density at radius 1 is 1.62 bits per heavy atom. The minimum Gasteiger partial charge on any atom is -0.324 e. The van der Waals surface area contributed by atoms with Crippen molar-refractivity contribution in [3.05, 3.63) is 28.0 Å². The van der Waals surface area contributed by atoms with Gasteiger partial charge in [-0.1, -0.05) is 6.92 Å². The Morgan fingerprint density at radius 3 is 2.81 bits per heavy atom. The summed E-state index contributed by atoms with van der Waals surface area (Å²) in [5.74, 6) is -0.710. The fraction of sp³-hybridized carbons (Fsp3) is 0.364. The normalized spacial score (nSPS) is 12.3. The number of aryl methyl sites for hydroxylation is 1. The van der Waals surface area contributed by atoms with Crippen molar-refractivity contribution in [2.45, 2.75) is 26.3 Å². The lowest BCUT2D eigenvalue weighted by Crippen LogP contribution is -2.35. The van der Waals surface area contributed by atoms with Crippen molar-refractivity contribution in [2.75, 3.05) is 5.32 Å². The van der Waals surface area contributed by atoms with Crippen molar-refractivity contribution in [1.29, 1.82) is 0 Å². The van der Waals surface area contributed by atoms with Crippen LogP contribution in [0.5, 0.6) is 0 Å². The van der Waals surface area contributed by atoms with E-state index in [-0.39, 0.29) is 5.91 Å². The average Bonchev–Trinajstić information content (AvgIpc) is 2.24. The maximum atomic E-state index is 13.3. The highest BCUT2D eigenvalue weighted by molar-refractivity contribution is 9.10. The Bertz CT molecular complexity index is 409. The van der Waals surface area contributed by atoms with Crippen LogP contribution in [-0.2, 0) is 4.79 Å². The largest absolute Gasteiger partial charge is 0.324 e. The Kier molecular flexibility index (Phi) is 4.44. The number of hydrogen-bond acceptors (Lipinski definition) is 2. The number of amides is 1. The molecular formula is C11H14BrFN2O. The highest BCUT2D eigenvalue weighted by Crippen LogP contribution is 2.23. The molecular weight excluding hydrogens is 275 g/mol. The molecule has 0 bridgehead atoms. The standard InChI is InChI=1S/C11H14BrFN2O/c1-3-9(14)11(16)15-10-5-8(13)7(12)4-6(10)2/h4-5,9H,3,14H2,1-2H3,(H,15,16). The van der Waals surface area contributed by atoms with Crippen molar-refractivity contribution in [3.63, 3.8) is 0 Å². The first-order chi connectivity index (χ1) is 7.45. The molecule has 1 atom stereocenters. The van der Waals surface area contributed by atoms with Crippen LogP contribution in [0.25, 0.3) is 0 Å². The summed E-state index contributed by atoms with van der Waals surface area (Å²) in [6.45, 7) is 3.61. The molecule has 3 N–H and O–H groups in total. The van der Waals surface area contributed by atoms with Crippen molar-refractivity contribution >= 4 is 27.5 Å². The highest BCUT2D eigenvalue weighted by Gasteiger charge is 2.13. The molecule has 1 amide bonds. The zero-order chi connectivity index (χ0) is 12.3. The van der Waals surface area contributed by atoms with Crippen LogP contribution in [0.3, 0.4) is 0 Å². The first kappa shape index (κ1) is 13.1. The van der Waals surface area contributed by atoms with Gasteiger partial charge < -0.3 is 11.1 Å². The van der Waals surface area contributed by atoms with Crippen LogP contribution in [0.4, 0.5) is 10.1 Å². The minimum atomic E-state index is -0.564. The number of rotatable bonds is 3. The fourth-order valence-electron chi connectivity index (χ4n) is 1.19. The molecule has 3 nitrogen and oxygen atoms in total. The number of nitrogens with two attached hydrogens (primary N) is 1. The van der Waals surface area contributed by atoms with E-state index in [1.165, 1.54) is 6.07 Å². The number of nitrogens with one attached hydrogen (secondary N) is 1. The number of carbonyl (C=O) groups is 1. The van der Waals surface area contributed by atoms with Gasteiger partial charge in [-0.3, -0.25) is 4.79 Å². The number of anilines is 1. The van der Waals surface area contributed by atoms with Crippen LogP contribution in [0.15, 0.2) is 16.6 Å². The smallest absolute Gasteiger partial charge is 0.241 e. The van der Waals surface area contributed by atoms with Gasteiger partial charge in [0.1, 0.15) is 5.82 Å². The third-order valence-corrected chi connectivity index (χ3v) is 2.91. The van der Waals surface area contributed by atoms with Crippen LogP contribution in [0.1, 0.15) is 18.9 Å². The van der Waals surface area contributed by atoms with Crippen LogP contribution in [0.2, 0.25) is 0 Å². The van der Waals surface area contributed by atoms with Gasteiger partial charge >= 0.3 is 0 Å². The maximum absolute atomic E-state index is 13.3. The molecule has 0 saturated heterocycles. The molecule has 1 unspecified atom stereocenters. The quantitative estimate of drug-likeness (QED) is 0.898. The van der Waals surface area contributed by atoms with E-state index in [9.17, 15) is 9.18 Å². The molecule has 5 heteroatoms. The van der Waals surface area contributed by atoms with Crippen molar-refractivity contribution < 1.29 is 9.18 Å². The summed E-state index contributed by atoms with van der Waals surface area (Å²) < 4.78 is 13.6. The lowest BCUT2D eigenvalue weighted by atomic mass is 10.1. The van der Waals surface area contributed by atoms with E-state index in [0.717, 1.165) is 5.56 Å². The first-order valence-electron chi connectivity index (χ1n) is 4.97. The van der Waals surface area contributed by atoms with Gasteiger partial charge in [0.2, 0.25) is 5.91 Å². The zero-order valence-electron chi connectivity index (χ0n) is 9.18. The van der Waals surface area contributed by atoms with E-state index in [1.807, 2.05) is 6.92 Å². The third kappa shape index (κ3) is 3.02. The average molecular weight is 289 g/mol. The van der Waals surface area contributed by atoms with Crippen molar-refractivity contribution in [3.8, 4) is 0 Å². The van der Waals surface area contributed by atoms with Crippen LogP contribution < -0.4 is 11.1 Å². The summed E-state index contributed by atoms with van der Waals surface area (Å²) in [4.78, 5) is 11.5. The van der Waals surface area contributed by atoms with Gasteiger partial charge in [0.05, 0.1) is 10.5 Å². The molecule has 0 aliphatic carbocycles. The van der Waals surface area contributed by atoms with Crippen molar-refractivity contribution in [1.82, 2.24) is 0 Å². The molecule has 1 aromatic carbocycles. The Morgan fingerprint density at radius 2 is 2.25 bits per heavy atom. The Hall–Kier alpha value is -0.940. The number of halogens is 2. The number of hydrogen-bond donors (Lipinski definition) is 2. The van der Waals surface area contributed by atoms with E-state index in [4.69, 9.17) is 5.73 Å². The molecule has 1 rings (SSSR count). The lowest BCUT2D eigenvalue weighted by molar-refractivity contribution is -0.117.